The molecule has 1 N–H and O–H groups in total. The van der Waals surface area contributed by atoms with Crippen molar-refractivity contribution in [2.24, 2.45) is 5.92 Å². The van der Waals surface area contributed by atoms with Gasteiger partial charge in [0.15, 0.2) is 0 Å². The van der Waals surface area contributed by atoms with Crippen LogP contribution in [0.5, 0.6) is 0 Å². The van der Waals surface area contributed by atoms with Gasteiger partial charge in [-0.15, -0.1) is 0 Å². The number of amides is 1. The highest BCUT2D eigenvalue weighted by molar-refractivity contribution is 5.79. The monoisotopic (exact) mass is 332 g/mol. The third-order valence-electron chi connectivity index (χ3n) is 4.72. The van der Waals surface area contributed by atoms with E-state index >= 15 is 0 Å². The van der Waals surface area contributed by atoms with Gasteiger partial charge in [0, 0.05) is 31.9 Å². The van der Waals surface area contributed by atoms with Gasteiger partial charge in [0.2, 0.25) is 5.91 Å². The second kappa shape index (κ2) is 7.63. The number of nitrogens with zero attached hydrogens (tertiary/aromatic N) is 3. The predicted molar refractivity (Wildman–Crippen MR) is 92.1 cm³/mol. The van der Waals surface area contributed by atoms with Gasteiger partial charge in [-0.2, -0.15) is 5.26 Å². The number of piperazine rings is 1. The fraction of sp³-hybridized carbons (Fsp3) is 0.556. The zero-order chi connectivity index (χ0) is 17.7. The summed E-state index contributed by atoms with van der Waals surface area (Å²) in [5.41, 5.74) is 0.157. The molecule has 1 aliphatic heterocycles. The van der Waals surface area contributed by atoms with Gasteiger partial charge in [-0.1, -0.05) is 13.8 Å². The Morgan fingerprint density at radius 3 is 2.38 bits per heavy atom. The molecule has 130 valence electrons. The summed E-state index contributed by atoms with van der Waals surface area (Å²) in [7, 11) is 0. The van der Waals surface area contributed by atoms with E-state index in [4.69, 9.17) is 0 Å². The Bertz CT molecular complexity index is 602. The van der Waals surface area contributed by atoms with Crippen LogP contribution in [0.25, 0.3) is 0 Å². The average molecular weight is 332 g/mol. The molecule has 0 unspecified atom stereocenters. The fourth-order valence-corrected chi connectivity index (χ4v) is 2.65. The molecule has 5 nitrogen and oxygen atoms in total. The summed E-state index contributed by atoms with van der Waals surface area (Å²) < 4.78 is 13.0. The predicted octanol–water partition coefficient (Wildman–Crippen LogP) is 2.00. The minimum absolute atomic E-state index is 0.0433. The first-order chi connectivity index (χ1) is 11.3. The zero-order valence-electron chi connectivity index (χ0n) is 14.6. The lowest BCUT2D eigenvalue weighted by Crippen LogP contribution is -2.54. The van der Waals surface area contributed by atoms with Gasteiger partial charge in [-0.05, 0) is 37.1 Å². The number of halogens is 1. The third-order valence-corrected chi connectivity index (χ3v) is 4.72. The van der Waals surface area contributed by atoms with Crippen LogP contribution in [0.15, 0.2) is 24.3 Å². The van der Waals surface area contributed by atoms with Gasteiger partial charge in [0.05, 0.1) is 12.6 Å². The molecule has 24 heavy (non-hydrogen) atoms. The first kappa shape index (κ1) is 18.2. The Morgan fingerprint density at radius 2 is 1.88 bits per heavy atom. The first-order valence-electron chi connectivity index (χ1n) is 8.29. The molecule has 0 bridgehead atoms. The van der Waals surface area contributed by atoms with Crippen LogP contribution < -0.4 is 10.2 Å². The van der Waals surface area contributed by atoms with E-state index in [0.29, 0.717) is 6.54 Å². The second-order valence-corrected chi connectivity index (χ2v) is 6.76. The molecule has 1 heterocycles. The summed E-state index contributed by atoms with van der Waals surface area (Å²) in [6.45, 7) is 8.99. The smallest absolute Gasteiger partial charge is 0.235 e. The quantitative estimate of drug-likeness (QED) is 0.896. The van der Waals surface area contributed by atoms with Crippen LogP contribution in [0.1, 0.15) is 20.8 Å². The van der Waals surface area contributed by atoms with Crippen LogP contribution in [0.3, 0.4) is 0 Å². The normalized spacial score (nSPS) is 18.1. The summed E-state index contributed by atoms with van der Waals surface area (Å²) in [5.74, 6) is -0.315. The summed E-state index contributed by atoms with van der Waals surface area (Å²) in [5, 5.41) is 12.1. The molecule has 1 saturated heterocycles. The van der Waals surface area contributed by atoms with Crippen LogP contribution in [0, 0.1) is 23.1 Å². The Kier molecular flexibility index (Phi) is 5.79. The molecule has 0 aromatic heterocycles. The summed E-state index contributed by atoms with van der Waals surface area (Å²) in [4.78, 5) is 16.5. The molecule has 2 rings (SSSR count). The SMILES string of the molecule is CC(C)[C@@](C)(C#N)NC(=O)CN1CCN(c2ccc(F)cc2)CC1. The molecule has 1 aromatic carbocycles. The number of nitrogens with one attached hydrogen (secondary N) is 1. The molecular formula is C18H25FN4O. The van der Waals surface area contributed by atoms with Crippen LogP contribution in [0.2, 0.25) is 0 Å². The highest BCUT2D eigenvalue weighted by Gasteiger charge is 2.30. The van der Waals surface area contributed by atoms with Crippen LogP contribution in [0.4, 0.5) is 10.1 Å². The summed E-state index contributed by atoms with van der Waals surface area (Å²) in [6, 6.07) is 8.67. The molecular weight excluding hydrogens is 307 g/mol. The highest BCUT2D eigenvalue weighted by atomic mass is 19.1. The highest BCUT2D eigenvalue weighted by Crippen LogP contribution is 2.17. The van der Waals surface area contributed by atoms with Crippen molar-refractivity contribution in [3.8, 4) is 6.07 Å². The molecule has 1 fully saturated rings. The number of anilines is 1. The van der Waals surface area contributed by atoms with Crippen molar-refractivity contribution >= 4 is 11.6 Å². The van der Waals surface area contributed by atoms with Crippen LogP contribution in [-0.4, -0.2) is 49.1 Å². The summed E-state index contributed by atoms with van der Waals surface area (Å²) in [6.07, 6.45) is 0. The number of carbonyl (C=O) groups excluding carboxylic acids is 1. The topological polar surface area (TPSA) is 59.4 Å². The van der Waals surface area contributed by atoms with E-state index in [9.17, 15) is 14.4 Å². The van der Waals surface area contributed by atoms with Gasteiger partial charge in [0.25, 0.3) is 0 Å². The third kappa shape index (κ3) is 4.45. The molecule has 1 amide bonds. The van der Waals surface area contributed by atoms with Crippen molar-refractivity contribution in [1.82, 2.24) is 10.2 Å². The van der Waals surface area contributed by atoms with Crippen molar-refractivity contribution in [3.63, 3.8) is 0 Å². The van der Waals surface area contributed by atoms with E-state index in [1.807, 2.05) is 13.8 Å². The standard InChI is InChI=1S/C18H25FN4O/c1-14(2)18(3,13-20)21-17(24)12-22-8-10-23(11-9-22)16-6-4-15(19)5-7-16/h4-7,14H,8-12H2,1-3H3,(H,21,24)/t18-/m1/s1. The number of rotatable bonds is 5. The maximum Gasteiger partial charge on any atom is 0.235 e. The van der Waals surface area contributed by atoms with Gasteiger partial charge in [-0.25, -0.2) is 4.39 Å². The largest absolute Gasteiger partial charge is 0.369 e. The summed E-state index contributed by atoms with van der Waals surface area (Å²) >= 11 is 0. The lowest BCUT2D eigenvalue weighted by atomic mass is 9.90. The molecule has 0 spiro atoms. The maximum absolute atomic E-state index is 13.0. The average Bonchev–Trinajstić information content (AvgIpc) is 2.56. The van der Waals surface area contributed by atoms with Crippen molar-refractivity contribution in [2.45, 2.75) is 26.3 Å². The number of nitriles is 1. The number of hydrogen-bond donors (Lipinski definition) is 1. The van der Waals surface area contributed by atoms with E-state index in [-0.39, 0.29) is 17.6 Å². The van der Waals surface area contributed by atoms with E-state index in [1.165, 1.54) is 12.1 Å². The second-order valence-electron chi connectivity index (χ2n) is 6.76. The van der Waals surface area contributed by atoms with Gasteiger partial charge < -0.3 is 10.2 Å². The van der Waals surface area contributed by atoms with Crippen LogP contribution >= 0.6 is 0 Å². The van der Waals surface area contributed by atoms with Crippen molar-refractivity contribution in [2.75, 3.05) is 37.6 Å². The minimum Gasteiger partial charge on any atom is -0.369 e. The maximum atomic E-state index is 13.0. The Hall–Kier alpha value is -2.13. The number of hydrogen-bond acceptors (Lipinski definition) is 4. The zero-order valence-corrected chi connectivity index (χ0v) is 14.6. The molecule has 0 aliphatic carbocycles. The lowest BCUT2D eigenvalue weighted by molar-refractivity contribution is -0.124. The van der Waals surface area contributed by atoms with Crippen LogP contribution in [-0.2, 0) is 4.79 Å². The number of benzene rings is 1. The van der Waals surface area contributed by atoms with Gasteiger partial charge in [-0.3, -0.25) is 9.69 Å². The Labute approximate surface area is 143 Å². The van der Waals surface area contributed by atoms with E-state index in [2.05, 4.69) is 21.2 Å². The van der Waals surface area contributed by atoms with E-state index in [1.54, 1.807) is 19.1 Å². The van der Waals surface area contributed by atoms with Crippen molar-refractivity contribution in [1.29, 1.82) is 5.26 Å². The van der Waals surface area contributed by atoms with Gasteiger partial charge in [0.1, 0.15) is 11.4 Å². The molecule has 1 aromatic rings. The fourth-order valence-electron chi connectivity index (χ4n) is 2.65. The molecule has 0 saturated carbocycles. The van der Waals surface area contributed by atoms with E-state index < -0.39 is 5.54 Å². The minimum atomic E-state index is -0.840. The van der Waals surface area contributed by atoms with Crippen molar-refractivity contribution in [3.05, 3.63) is 30.1 Å². The molecule has 6 heteroatoms. The first-order valence-corrected chi connectivity index (χ1v) is 8.29. The molecule has 1 atom stereocenters. The van der Waals surface area contributed by atoms with Crippen molar-refractivity contribution < 1.29 is 9.18 Å². The number of carbonyl (C=O) groups is 1. The Balaban J connectivity index is 1.83. The van der Waals surface area contributed by atoms with E-state index in [0.717, 1.165) is 31.9 Å². The molecule has 1 aliphatic rings. The molecule has 0 radical (unpaired) electrons. The lowest BCUT2D eigenvalue weighted by Gasteiger charge is -2.36. The van der Waals surface area contributed by atoms with Gasteiger partial charge >= 0.3 is 0 Å². The Morgan fingerprint density at radius 1 is 1.29 bits per heavy atom.